The first-order valence-corrected chi connectivity index (χ1v) is 12.6. The monoisotopic (exact) mass is 548 g/mol. The number of aliphatic carboxylic acids is 1. The molecule has 16 heteroatoms. The second-order valence-electron chi connectivity index (χ2n) is 7.87. The number of aliphatic hydroxyl groups excluding tert-OH is 1. The summed E-state index contributed by atoms with van der Waals surface area (Å²) in [5, 5.41) is 27.0. The van der Waals surface area contributed by atoms with Gasteiger partial charge >= 0.3 is 5.97 Å². The number of nitroso groups, excluding NO2 is 1. The Morgan fingerprint density at radius 3 is 2.81 bits per heavy atom. The van der Waals surface area contributed by atoms with Gasteiger partial charge < -0.3 is 21.3 Å². The van der Waals surface area contributed by atoms with Crippen LogP contribution in [-0.2, 0) is 32.2 Å². The molecule has 2 aromatic heterocycles. The third-order valence-electron chi connectivity index (χ3n) is 5.59. The minimum Gasteiger partial charge on any atom is -0.493 e. The number of nitrogen functional groups attached to an aromatic ring is 1. The smallest absolute Gasteiger partial charge is 0.352 e. The summed E-state index contributed by atoms with van der Waals surface area (Å²) in [5.41, 5.74) is 9.28. The van der Waals surface area contributed by atoms with Crippen LogP contribution >= 0.6 is 23.1 Å². The number of nitrogens with zero attached hydrogens (tertiary/aromatic N) is 4. The van der Waals surface area contributed by atoms with Gasteiger partial charge in [0.05, 0.1) is 7.11 Å². The van der Waals surface area contributed by atoms with Gasteiger partial charge in [-0.2, -0.15) is 4.57 Å². The molecule has 0 unspecified atom stereocenters. The number of aromatic nitrogens is 2. The van der Waals surface area contributed by atoms with Gasteiger partial charge in [0.2, 0.25) is 5.88 Å². The molecule has 14 nitrogen and oxygen atoms in total. The molecule has 0 spiro atoms. The van der Waals surface area contributed by atoms with Gasteiger partial charge in [-0.25, -0.2) is 9.78 Å². The number of carboxylic acid groups (broad SMARTS) is 1. The largest absolute Gasteiger partial charge is 0.493 e. The zero-order valence-corrected chi connectivity index (χ0v) is 20.9. The number of thioether (sulfide) groups is 1. The standard InChI is InChI=1S/C21H21N7O7S2/c1-35-26-14(12-9-37-21(22)23-12)17(30)24-15-18(31)28-16(20(32)33)10(8-36-19(15)28)7-27-5-3-2-4-11(27)6-13(29)25-34/h2-5,9,15,19H,6-8H2,1H3,(H5-,22,23,24,25,26,29,30,32,33,34)/p+1/t15-,19-/m1/s1. The number of aliphatic hydroxyl groups is 1. The molecular formula is C21H22N7O7S2+. The highest BCUT2D eigenvalue weighted by Gasteiger charge is 2.54. The Balaban J connectivity index is 1.58. The van der Waals surface area contributed by atoms with Crippen molar-refractivity contribution in [3.05, 3.63) is 63.2 Å². The molecule has 4 rings (SSSR count). The van der Waals surface area contributed by atoms with Gasteiger partial charge in [-0.1, -0.05) is 6.07 Å². The predicted octanol–water partition coefficient (Wildman–Crippen LogP) is 0.0956. The van der Waals surface area contributed by atoms with E-state index in [1.807, 2.05) is 0 Å². The summed E-state index contributed by atoms with van der Waals surface area (Å²) in [6.07, 6.45) is 1.41. The third kappa shape index (κ3) is 5.25. The maximum absolute atomic E-state index is 13.1. The van der Waals surface area contributed by atoms with Crippen LogP contribution in [-0.4, -0.2) is 62.2 Å². The minimum atomic E-state index is -1.28. The molecule has 2 amide bonds. The molecule has 0 aromatic carbocycles. The Hall–Kier alpha value is -4.02. The number of nitrogens with one attached hydrogen (secondary N) is 2. The van der Waals surface area contributed by atoms with Crippen molar-refractivity contribution in [3.8, 4) is 0 Å². The number of carbonyl (C=O) groups is 3. The molecule has 0 saturated carbocycles. The van der Waals surface area contributed by atoms with Crippen LogP contribution in [0.25, 0.3) is 5.70 Å². The van der Waals surface area contributed by atoms with Crippen LogP contribution < -0.4 is 21.1 Å². The van der Waals surface area contributed by atoms with Crippen molar-refractivity contribution in [2.45, 2.75) is 24.4 Å². The molecule has 194 valence electrons. The quantitative estimate of drug-likeness (QED) is 0.0882. The fourth-order valence-corrected chi connectivity index (χ4v) is 5.86. The Morgan fingerprint density at radius 2 is 2.16 bits per heavy atom. The number of hydroxylamine groups is 1. The second-order valence-corrected chi connectivity index (χ2v) is 9.87. The zero-order valence-electron chi connectivity index (χ0n) is 19.3. The van der Waals surface area contributed by atoms with E-state index in [0.29, 0.717) is 17.0 Å². The van der Waals surface area contributed by atoms with Gasteiger partial charge in [0.25, 0.3) is 11.8 Å². The highest BCUT2D eigenvalue weighted by molar-refractivity contribution is 8.00. The van der Waals surface area contributed by atoms with Crippen LogP contribution in [0.2, 0.25) is 0 Å². The lowest BCUT2D eigenvalue weighted by Crippen LogP contribution is -2.70. The lowest BCUT2D eigenvalue weighted by molar-refractivity contribution is -0.695. The Morgan fingerprint density at radius 1 is 1.38 bits per heavy atom. The summed E-state index contributed by atoms with van der Waals surface area (Å²) in [7, 11) is 1.34. The summed E-state index contributed by atoms with van der Waals surface area (Å²) >= 11 is 2.47. The number of thiazole rings is 1. The highest BCUT2D eigenvalue weighted by atomic mass is 32.2. The van der Waals surface area contributed by atoms with Gasteiger partial charge in [0, 0.05) is 34.0 Å². The van der Waals surface area contributed by atoms with Gasteiger partial charge in [-0.05, 0) is 0 Å². The van der Waals surface area contributed by atoms with Crippen molar-refractivity contribution >= 4 is 51.7 Å². The van der Waals surface area contributed by atoms with Crippen molar-refractivity contribution in [2.75, 3.05) is 18.6 Å². The Kier molecular flexibility index (Phi) is 7.70. The SMILES string of the molecule is CONC(=C(O)N[C@@H]1C(=O)N2C(C(=O)O)=C(C[n+]3ccccc3CC(=O)N=O)CS[C@H]12)c1csc(N)n1. The van der Waals surface area contributed by atoms with E-state index in [2.05, 4.69) is 21.0 Å². The van der Waals surface area contributed by atoms with Crippen molar-refractivity contribution in [2.24, 2.45) is 5.18 Å². The lowest BCUT2D eigenvalue weighted by Gasteiger charge is -2.49. The number of β-lactam (4-membered cyclic amide) rings is 1. The average Bonchev–Trinajstić information content (AvgIpc) is 3.31. The average molecular weight is 549 g/mol. The lowest BCUT2D eigenvalue weighted by atomic mass is 10.0. The van der Waals surface area contributed by atoms with Crippen LogP contribution in [0, 0.1) is 4.91 Å². The summed E-state index contributed by atoms with van der Waals surface area (Å²) in [6, 6.07) is 4.10. The maximum Gasteiger partial charge on any atom is 0.352 e. The fraction of sp³-hybridized carbons (Fsp3) is 0.286. The van der Waals surface area contributed by atoms with Gasteiger partial charge in [-0.3, -0.25) is 24.8 Å². The molecule has 2 aliphatic heterocycles. The number of carbonyl (C=O) groups excluding carboxylic acids is 2. The van der Waals surface area contributed by atoms with E-state index in [9.17, 15) is 29.5 Å². The van der Waals surface area contributed by atoms with Crippen molar-refractivity contribution in [1.29, 1.82) is 0 Å². The molecular weight excluding hydrogens is 526 g/mol. The van der Waals surface area contributed by atoms with E-state index in [1.54, 1.807) is 34.3 Å². The molecule has 4 heterocycles. The first-order valence-electron chi connectivity index (χ1n) is 10.7. The number of anilines is 1. The van der Waals surface area contributed by atoms with E-state index >= 15 is 0 Å². The molecule has 0 aliphatic carbocycles. The van der Waals surface area contributed by atoms with E-state index < -0.39 is 35.1 Å². The summed E-state index contributed by atoms with van der Waals surface area (Å²) in [5.74, 6) is -2.84. The van der Waals surface area contributed by atoms with E-state index in [4.69, 9.17) is 10.6 Å². The maximum atomic E-state index is 13.1. The molecule has 37 heavy (non-hydrogen) atoms. The second kappa shape index (κ2) is 10.9. The van der Waals surface area contributed by atoms with E-state index in [1.165, 1.54) is 23.8 Å². The number of hydrogen-bond donors (Lipinski definition) is 5. The number of amides is 2. The third-order valence-corrected chi connectivity index (χ3v) is 7.60. The predicted molar refractivity (Wildman–Crippen MR) is 132 cm³/mol. The van der Waals surface area contributed by atoms with Crippen molar-refractivity contribution in [3.63, 3.8) is 0 Å². The first kappa shape index (κ1) is 26.1. The molecule has 2 aromatic rings. The Bertz CT molecular complexity index is 1330. The topological polar surface area (TPSA) is 200 Å². The molecule has 1 saturated heterocycles. The van der Waals surface area contributed by atoms with Gasteiger partial charge in [-0.15, -0.1) is 28.0 Å². The molecule has 2 aliphatic rings. The Labute approximate surface area is 217 Å². The van der Waals surface area contributed by atoms with Crippen LogP contribution in [0.15, 0.2) is 52.1 Å². The van der Waals surface area contributed by atoms with E-state index in [-0.39, 0.29) is 35.2 Å². The number of rotatable bonds is 10. The fourth-order valence-electron chi connectivity index (χ4n) is 3.97. The zero-order chi connectivity index (χ0) is 26.7. The number of hydrogen-bond acceptors (Lipinski definition) is 12. The molecule has 1 fully saturated rings. The van der Waals surface area contributed by atoms with Crippen LogP contribution in [0.4, 0.5) is 5.13 Å². The summed E-state index contributed by atoms with van der Waals surface area (Å²) in [4.78, 5) is 57.5. The minimum absolute atomic E-state index is 0.0598. The first-order chi connectivity index (χ1) is 17.7. The van der Waals surface area contributed by atoms with Crippen LogP contribution in [0.1, 0.15) is 11.4 Å². The van der Waals surface area contributed by atoms with Gasteiger partial charge in [0.1, 0.15) is 34.9 Å². The molecule has 0 radical (unpaired) electrons. The number of fused-ring (bicyclic) bond motifs is 1. The van der Waals surface area contributed by atoms with Gasteiger partial charge in [0.15, 0.2) is 23.6 Å². The molecule has 0 bridgehead atoms. The number of carboxylic acids is 1. The van der Waals surface area contributed by atoms with E-state index in [0.717, 1.165) is 11.3 Å². The summed E-state index contributed by atoms with van der Waals surface area (Å²) in [6.45, 7) is 0.0871. The van der Waals surface area contributed by atoms with Crippen LogP contribution in [0.5, 0.6) is 0 Å². The number of pyridine rings is 1. The van der Waals surface area contributed by atoms with Crippen molar-refractivity contribution in [1.82, 2.24) is 20.7 Å². The van der Waals surface area contributed by atoms with Crippen LogP contribution in [0.3, 0.4) is 0 Å². The summed E-state index contributed by atoms with van der Waals surface area (Å²) < 4.78 is 1.64. The number of nitrogens with two attached hydrogens (primary N) is 1. The normalized spacial score (nSPS) is 19.5. The highest BCUT2D eigenvalue weighted by Crippen LogP contribution is 2.40. The molecule has 6 N–H and O–H groups in total. The van der Waals surface area contributed by atoms with Crippen molar-refractivity contribution < 1.29 is 34.0 Å². The molecule has 2 atom stereocenters.